The number of aromatic nitrogens is 5. The summed E-state index contributed by atoms with van der Waals surface area (Å²) in [7, 11) is 0. The number of amides is 1. The Hall–Kier alpha value is -3.55. The van der Waals surface area contributed by atoms with Crippen molar-refractivity contribution in [3.63, 3.8) is 0 Å². The molecular weight excluding hydrogens is 308 g/mol. The topological polar surface area (TPSA) is 98.7 Å². The van der Waals surface area contributed by atoms with Crippen molar-refractivity contribution in [3.05, 3.63) is 66.2 Å². The standard InChI is InChI=1S/C16H12N6O2/c23-16(12-2-1-3-13(7-12)22-9-18-19-10-22)17-8-11-4-5-14-15(6-11)21-24-20-14/h1-7,9-10H,8H2,(H,17,23). The van der Waals surface area contributed by atoms with Crippen LogP contribution in [0.5, 0.6) is 0 Å². The van der Waals surface area contributed by atoms with Crippen LogP contribution in [0, 0.1) is 0 Å². The second kappa shape index (κ2) is 5.92. The molecule has 0 saturated carbocycles. The van der Waals surface area contributed by atoms with Crippen LogP contribution in [0.2, 0.25) is 0 Å². The highest BCUT2D eigenvalue weighted by molar-refractivity contribution is 5.94. The van der Waals surface area contributed by atoms with E-state index >= 15 is 0 Å². The van der Waals surface area contributed by atoms with Gasteiger partial charge in [-0.1, -0.05) is 12.1 Å². The number of nitrogens with zero attached hydrogens (tertiary/aromatic N) is 5. The van der Waals surface area contributed by atoms with Gasteiger partial charge in [0.2, 0.25) is 0 Å². The van der Waals surface area contributed by atoms with Crippen molar-refractivity contribution in [2.24, 2.45) is 0 Å². The number of rotatable bonds is 4. The van der Waals surface area contributed by atoms with Crippen LogP contribution in [0.15, 0.2) is 59.7 Å². The highest BCUT2D eigenvalue weighted by atomic mass is 16.6. The maximum Gasteiger partial charge on any atom is 0.251 e. The van der Waals surface area contributed by atoms with Gasteiger partial charge in [-0.15, -0.1) is 10.2 Å². The van der Waals surface area contributed by atoms with Crippen LogP contribution >= 0.6 is 0 Å². The van der Waals surface area contributed by atoms with E-state index in [0.717, 1.165) is 11.3 Å². The third-order valence-corrected chi connectivity index (χ3v) is 3.60. The van der Waals surface area contributed by atoms with Gasteiger partial charge in [-0.25, -0.2) is 4.63 Å². The highest BCUT2D eigenvalue weighted by Crippen LogP contribution is 2.12. The van der Waals surface area contributed by atoms with Crippen LogP contribution in [0.1, 0.15) is 15.9 Å². The first-order valence-electron chi connectivity index (χ1n) is 7.24. The third-order valence-electron chi connectivity index (χ3n) is 3.60. The lowest BCUT2D eigenvalue weighted by Crippen LogP contribution is -2.22. The van der Waals surface area contributed by atoms with E-state index in [1.807, 2.05) is 24.3 Å². The zero-order valence-corrected chi connectivity index (χ0v) is 12.5. The second-order valence-electron chi connectivity index (χ2n) is 5.19. The van der Waals surface area contributed by atoms with Crippen molar-refractivity contribution in [3.8, 4) is 5.69 Å². The number of carbonyl (C=O) groups is 1. The number of benzene rings is 2. The highest BCUT2D eigenvalue weighted by Gasteiger charge is 2.08. The second-order valence-corrected chi connectivity index (χ2v) is 5.19. The number of carbonyl (C=O) groups excluding carboxylic acids is 1. The van der Waals surface area contributed by atoms with Gasteiger partial charge in [0.25, 0.3) is 5.91 Å². The van der Waals surface area contributed by atoms with E-state index in [0.29, 0.717) is 23.1 Å². The van der Waals surface area contributed by atoms with Crippen LogP contribution in [0.4, 0.5) is 0 Å². The molecule has 0 bridgehead atoms. The summed E-state index contributed by atoms with van der Waals surface area (Å²) in [6.07, 6.45) is 3.16. The number of nitrogens with one attached hydrogen (secondary N) is 1. The van der Waals surface area contributed by atoms with Gasteiger partial charge in [-0.05, 0) is 46.2 Å². The van der Waals surface area contributed by atoms with Crippen LogP contribution in [0.3, 0.4) is 0 Å². The predicted octanol–water partition coefficient (Wildman–Crippen LogP) is 1.73. The summed E-state index contributed by atoms with van der Waals surface area (Å²) in [5.74, 6) is -0.164. The molecule has 4 rings (SSSR count). The number of hydrogen-bond donors (Lipinski definition) is 1. The monoisotopic (exact) mass is 320 g/mol. The molecule has 0 aliphatic rings. The number of fused-ring (bicyclic) bond motifs is 1. The third kappa shape index (κ3) is 2.72. The molecule has 24 heavy (non-hydrogen) atoms. The van der Waals surface area contributed by atoms with Crippen molar-refractivity contribution >= 4 is 16.9 Å². The molecule has 0 aliphatic carbocycles. The van der Waals surface area contributed by atoms with Crippen LogP contribution in [-0.2, 0) is 6.54 Å². The predicted molar refractivity (Wildman–Crippen MR) is 84.3 cm³/mol. The molecule has 0 spiro atoms. The molecule has 0 saturated heterocycles. The van der Waals surface area contributed by atoms with Gasteiger partial charge in [0.15, 0.2) is 0 Å². The molecule has 8 nitrogen and oxygen atoms in total. The summed E-state index contributed by atoms with van der Waals surface area (Å²) in [5.41, 5.74) is 3.65. The molecule has 2 heterocycles. The van der Waals surface area contributed by atoms with Crippen molar-refractivity contribution in [2.45, 2.75) is 6.54 Å². The molecule has 0 atom stereocenters. The van der Waals surface area contributed by atoms with E-state index in [4.69, 9.17) is 0 Å². The lowest BCUT2D eigenvalue weighted by Gasteiger charge is -2.07. The van der Waals surface area contributed by atoms with E-state index in [9.17, 15) is 4.79 Å². The molecule has 0 radical (unpaired) electrons. The smallest absolute Gasteiger partial charge is 0.251 e. The fraction of sp³-hybridized carbons (Fsp3) is 0.0625. The minimum atomic E-state index is -0.164. The summed E-state index contributed by atoms with van der Waals surface area (Å²) in [6, 6.07) is 12.8. The summed E-state index contributed by atoms with van der Waals surface area (Å²) in [5, 5.41) is 18.0. The molecule has 2 aromatic heterocycles. The Morgan fingerprint density at radius 3 is 2.75 bits per heavy atom. The van der Waals surface area contributed by atoms with E-state index in [1.54, 1.807) is 35.4 Å². The molecule has 4 aromatic rings. The van der Waals surface area contributed by atoms with Crippen molar-refractivity contribution in [1.29, 1.82) is 0 Å². The van der Waals surface area contributed by atoms with Crippen molar-refractivity contribution in [1.82, 2.24) is 30.4 Å². The van der Waals surface area contributed by atoms with Gasteiger partial charge in [-0.3, -0.25) is 9.36 Å². The Bertz CT molecular complexity index is 993. The van der Waals surface area contributed by atoms with E-state index in [1.165, 1.54) is 0 Å². The molecule has 1 N–H and O–H groups in total. The first kappa shape index (κ1) is 14.1. The molecule has 8 heteroatoms. The SMILES string of the molecule is O=C(NCc1ccc2nonc2c1)c1cccc(-n2cnnc2)c1. The minimum absolute atomic E-state index is 0.164. The van der Waals surface area contributed by atoms with Crippen LogP contribution in [-0.4, -0.2) is 31.0 Å². The van der Waals surface area contributed by atoms with E-state index in [2.05, 4.69) is 30.5 Å². The molecule has 118 valence electrons. The molecule has 0 fully saturated rings. The first-order valence-corrected chi connectivity index (χ1v) is 7.24. The normalized spacial score (nSPS) is 10.8. The van der Waals surface area contributed by atoms with Crippen LogP contribution < -0.4 is 5.32 Å². The molecule has 0 unspecified atom stereocenters. The van der Waals surface area contributed by atoms with Gasteiger partial charge >= 0.3 is 0 Å². The summed E-state index contributed by atoms with van der Waals surface area (Å²) in [4.78, 5) is 12.4. The zero-order valence-electron chi connectivity index (χ0n) is 12.5. The van der Waals surface area contributed by atoms with Crippen molar-refractivity contribution < 1.29 is 9.42 Å². The Morgan fingerprint density at radius 2 is 1.88 bits per heavy atom. The van der Waals surface area contributed by atoms with Crippen molar-refractivity contribution in [2.75, 3.05) is 0 Å². The van der Waals surface area contributed by atoms with Gasteiger partial charge in [-0.2, -0.15) is 0 Å². The quantitative estimate of drug-likeness (QED) is 0.615. The largest absolute Gasteiger partial charge is 0.348 e. The van der Waals surface area contributed by atoms with Gasteiger partial charge in [0, 0.05) is 17.8 Å². The van der Waals surface area contributed by atoms with Gasteiger partial charge in [0.1, 0.15) is 23.7 Å². The Labute approximate surface area is 136 Å². The molecule has 1 amide bonds. The maximum absolute atomic E-state index is 12.4. The Balaban J connectivity index is 1.48. The Morgan fingerprint density at radius 1 is 1.04 bits per heavy atom. The average molecular weight is 320 g/mol. The maximum atomic E-state index is 12.4. The van der Waals surface area contributed by atoms with E-state index in [-0.39, 0.29) is 5.91 Å². The number of hydrogen-bond acceptors (Lipinski definition) is 6. The van der Waals surface area contributed by atoms with Gasteiger partial charge in [0.05, 0.1) is 0 Å². The summed E-state index contributed by atoms with van der Waals surface area (Å²) in [6.45, 7) is 0.387. The first-order chi connectivity index (χ1) is 11.8. The summed E-state index contributed by atoms with van der Waals surface area (Å²) >= 11 is 0. The van der Waals surface area contributed by atoms with Crippen LogP contribution in [0.25, 0.3) is 16.7 Å². The Kier molecular flexibility index (Phi) is 3.47. The lowest BCUT2D eigenvalue weighted by molar-refractivity contribution is 0.0951. The molecule has 0 aliphatic heterocycles. The summed E-state index contributed by atoms with van der Waals surface area (Å²) < 4.78 is 6.40. The molecular formula is C16H12N6O2. The minimum Gasteiger partial charge on any atom is -0.348 e. The fourth-order valence-electron chi connectivity index (χ4n) is 2.36. The zero-order chi connectivity index (χ0) is 16.4. The fourth-order valence-corrected chi connectivity index (χ4v) is 2.36. The molecule has 2 aromatic carbocycles. The average Bonchev–Trinajstić information content (AvgIpc) is 3.30. The lowest BCUT2D eigenvalue weighted by atomic mass is 10.1. The van der Waals surface area contributed by atoms with Gasteiger partial charge < -0.3 is 5.32 Å². The van der Waals surface area contributed by atoms with E-state index < -0.39 is 0 Å².